The molecule has 26 heavy (non-hydrogen) atoms. The van der Waals surface area contributed by atoms with E-state index in [0.717, 1.165) is 55.8 Å². The maximum atomic E-state index is 12.3. The van der Waals surface area contributed by atoms with E-state index in [1.165, 1.54) is 12.4 Å². The third kappa shape index (κ3) is 3.88. The topological polar surface area (TPSA) is 86.8 Å². The number of aromatic nitrogens is 4. The van der Waals surface area contributed by atoms with Gasteiger partial charge < -0.3 is 10.3 Å². The molecule has 0 unspecified atom stereocenters. The summed E-state index contributed by atoms with van der Waals surface area (Å²) in [5.74, 6) is 0.849. The molecule has 0 saturated carbocycles. The average Bonchev–Trinajstić information content (AvgIpc) is 2.95. The summed E-state index contributed by atoms with van der Waals surface area (Å²) in [6, 6.07) is 8.26. The molecule has 1 amide bonds. The van der Waals surface area contributed by atoms with Crippen molar-refractivity contribution in [3.63, 3.8) is 0 Å². The van der Waals surface area contributed by atoms with Crippen LogP contribution in [0.5, 0.6) is 0 Å². The molecule has 7 heteroatoms. The number of hydrogen-bond acceptors (Lipinski definition) is 5. The number of carbonyl (C=O) groups is 1. The molecule has 0 spiro atoms. The second kappa shape index (κ2) is 7.61. The quantitative estimate of drug-likeness (QED) is 0.753. The molecule has 2 aromatic heterocycles. The third-order valence-electron chi connectivity index (χ3n) is 4.76. The number of benzene rings is 1. The van der Waals surface area contributed by atoms with E-state index in [0.29, 0.717) is 5.69 Å². The molecule has 3 heterocycles. The molecular formula is C19H22N6O. The fourth-order valence-electron chi connectivity index (χ4n) is 3.43. The van der Waals surface area contributed by atoms with E-state index in [4.69, 9.17) is 0 Å². The van der Waals surface area contributed by atoms with Crippen LogP contribution in [-0.2, 0) is 6.54 Å². The highest BCUT2D eigenvalue weighted by Crippen LogP contribution is 2.16. The summed E-state index contributed by atoms with van der Waals surface area (Å²) < 4.78 is 0. The van der Waals surface area contributed by atoms with E-state index in [2.05, 4.69) is 30.2 Å². The highest BCUT2D eigenvalue weighted by molar-refractivity contribution is 5.92. The number of rotatable bonds is 4. The fraction of sp³-hybridized carbons (Fsp3) is 0.368. The van der Waals surface area contributed by atoms with Gasteiger partial charge in [0.2, 0.25) is 0 Å². The van der Waals surface area contributed by atoms with Gasteiger partial charge in [0, 0.05) is 25.0 Å². The summed E-state index contributed by atoms with van der Waals surface area (Å²) in [4.78, 5) is 30.7. The van der Waals surface area contributed by atoms with Crippen molar-refractivity contribution in [3.8, 4) is 0 Å². The van der Waals surface area contributed by atoms with Gasteiger partial charge in [-0.05, 0) is 37.9 Å². The largest absolute Gasteiger partial charge is 0.348 e. The van der Waals surface area contributed by atoms with Gasteiger partial charge in [-0.1, -0.05) is 12.1 Å². The number of fused-ring (bicyclic) bond motifs is 1. The van der Waals surface area contributed by atoms with Gasteiger partial charge in [-0.2, -0.15) is 0 Å². The van der Waals surface area contributed by atoms with Crippen LogP contribution in [0.15, 0.2) is 42.9 Å². The Morgan fingerprint density at radius 1 is 1.23 bits per heavy atom. The van der Waals surface area contributed by atoms with Crippen molar-refractivity contribution in [3.05, 3.63) is 54.4 Å². The number of imidazole rings is 1. The molecule has 0 bridgehead atoms. The Kier molecular flexibility index (Phi) is 4.88. The summed E-state index contributed by atoms with van der Waals surface area (Å²) in [5, 5.41) is 3.09. The number of H-pyrrole nitrogens is 1. The summed E-state index contributed by atoms with van der Waals surface area (Å²) in [7, 11) is 0. The van der Waals surface area contributed by atoms with Gasteiger partial charge >= 0.3 is 0 Å². The van der Waals surface area contributed by atoms with E-state index in [1.807, 2.05) is 24.3 Å². The van der Waals surface area contributed by atoms with E-state index in [-0.39, 0.29) is 11.9 Å². The standard InChI is InChI=1S/C19H22N6O/c26-19(17-12-20-8-9-21-17)22-14-4-3-10-25(11-7-14)13-18-23-15-5-1-2-6-16(15)24-18/h1-2,5-6,8-9,12,14H,3-4,7,10-11,13H2,(H,22,26)(H,23,24)/t14-/m1/s1. The van der Waals surface area contributed by atoms with Crippen molar-refractivity contribution in [1.29, 1.82) is 0 Å². The number of aromatic amines is 1. The molecule has 1 saturated heterocycles. The van der Waals surface area contributed by atoms with E-state index in [9.17, 15) is 4.79 Å². The highest BCUT2D eigenvalue weighted by atomic mass is 16.1. The fourth-order valence-corrected chi connectivity index (χ4v) is 3.43. The lowest BCUT2D eigenvalue weighted by Gasteiger charge is -2.19. The SMILES string of the molecule is O=C(N[C@@H]1CCCN(Cc2nc3ccccc3[nH]2)CC1)c1cnccn1. The molecule has 0 radical (unpaired) electrons. The van der Waals surface area contributed by atoms with Crippen LogP contribution in [0.3, 0.4) is 0 Å². The molecule has 1 aliphatic heterocycles. The molecule has 4 rings (SSSR count). The zero-order valence-corrected chi connectivity index (χ0v) is 14.6. The first-order valence-electron chi connectivity index (χ1n) is 9.01. The first-order chi connectivity index (χ1) is 12.8. The summed E-state index contributed by atoms with van der Waals surface area (Å²) >= 11 is 0. The van der Waals surface area contributed by atoms with Crippen molar-refractivity contribution < 1.29 is 4.79 Å². The predicted molar refractivity (Wildman–Crippen MR) is 98.5 cm³/mol. The molecule has 2 N–H and O–H groups in total. The number of likely N-dealkylation sites (tertiary alicyclic amines) is 1. The van der Waals surface area contributed by atoms with E-state index < -0.39 is 0 Å². The van der Waals surface area contributed by atoms with Crippen LogP contribution in [0.1, 0.15) is 35.6 Å². The Morgan fingerprint density at radius 3 is 3.00 bits per heavy atom. The van der Waals surface area contributed by atoms with Crippen molar-refractivity contribution in [2.75, 3.05) is 13.1 Å². The summed E-state index contributed by atoms with van der Waals surface area (Å²) in [6.07, 6.45) is 7.55. The molecular weight excluding hydrogens is 328 g/mol. The summed E-state index contributed by atoms with van der Waals surface area (Å²) in [6.45, 7) is 2.75. The molecule has 1 fully saturated rings. The number of carbonyl (C=O) groups excluding carboxylic acids is 1. The van der Waals surface area contributed by atoms with Crippen LogP contribution in [0.25, 0.3) is 11.0 Å². The Labute approximate surface area is 151 Å². The van der Waals surface area contributed by atoms with Crippen molar-refractivity contribution in [2.24, 2.45) is 0 Å². The zero-order valence-electron chi connectivity index (χ0n) is 14.6. The van der Waals surface area contributed by atoms with Crippen molar-refractivity contribution >= 4 is 16.9 Å². The van der Waals surface area contributed by atoms with Gasteiger partial charge in [-0.15, -0.1) is 0 Å². The van der Waals surface area contributed by atoms with Gasteiger partial charge in [0.1, 0.15) is 11.5 Å². The second-order valence-electron chi connectivity index (χ2n) is 6.67. The van der Waals surface area contributed by atoms with Crippen LogP contribution in [0.4, 0.5) is 0 Å². The molecule has 0 aliphatic carbocycles. The number of amides is 1. The molecule has 1 aliphatic rings. The maximum absolute atomic E-state index is 12.3. The van der Waals surface area contributed by atoms with Crippen LogP contribution in [0, 0.1) is 0 Å². The molecule has 1 aromatic carbocycles. The predicted octanol–water partition coefficient (Wildman–Crippen LogP) is 2.14. The monoisotopic (exact) mass is 350 g/mol. The van der Waals surface area contributed by atoms with Gasteiger partial charge in [0.25, 0.3) is 5.91 Å². The Balaban J connectivity index is 1.33. The van der Waals surface area contributed by atoms with Gasteiger partial charge in [-0.25, -0.2) is 9.97 Å². The van der Waals surface area contributed by atoms with Crippen molar-refractivity contribution in [1.82, 2.24) is 30.2 Å². The smallest absolute Gasteiger partial charge is 0.271 e. The van der Waals surface area contributed by atoms with Gasteiger partial charge in [0.05, 0.1) is 23.8 Å². The first-order valence-corrected chi connectivity index (χ1v) is 9.01. The maximum Gasteiger partial charge on any atom is 0.271 e. The molecule has 1 atom stereocenters. The lowest BCUT2D eigenvalue weighted by atomic mass is 10.1. The number of nitrogens with one attached hydrogen (secondary N) is 2. The number of nitrogens with zero attached hydrogens (tertiary/aromatic N) is 4. The lowest BCUT2D eigenvalue weighted by Crippen LogP contribution is -2.36. The normalized spacial score (nSPS) is 18.5. The second-order valence-corrected chi connectivity index (χ2v) is 6.67. The van der Waals surface area contributed by atoms with Crippen LogP contribution in [0.2, 0.25) is 0 Å². The lowest BCUT2D eigenvalue weighted by molar-refractivity contribution is 0.0927. The Hall–Kier alpha value is -2.80. The minimum Gasteiger partial charge on any atom is -0.348 e. The third-order valence-corrected chi connectivity index (χ3v) is 4.76. The van der Waals surface area contributed by atoms with E-state index >= 15 is 0 Å². The first kappa shape index (κ1) is 16.7. The van der Waals surface area contributed by atoms with Gasteiger partial charge in [-0.3, -0.25) is 14.7 Å². The molecule has 3 aromatic rings. The van der Waals surface area contributed by atoms with Crippen LogP contribution < -0.4 is 5.32 Å². The zero-order chi connectivity index (χ0) is 17.8. The Bertz CT molecular complexity index is 845. The highest BCUT2D eigenvalue weighted by Gasteiger charge is 2.20. The molecule has 7 nitrogen and oxygen atoms in total. The average molecular weight is 350 g/mol. The van der Waals surface area contributed by atoms with E-state index in [1.54, 1.807) is 6.20 Å². The minimum atomic E-state index is -0.145. The molecule has 134 valence electrons. The van der Waals surface area contributed by atoms with Crippen LogP contribution >= 0.6 is 0 Å². The minimum absolute atomic E-state index is 0.145. The summed E-state index contributed by atoms with van der Waals surface area (Å²) in [5.41, 5.74) is 2.45. The van der Waals surface area contributed by atoms with Crippen LogP contribution in [-0.4, -0.2) is 49.9 Å². The Morgan fingerprint density at radius 2 is 2.15 bits per heavy atom. The van der Waals surface area contributed by atoms with Gasteiger partial charge in [0.15, 0.2) is 0 Å². The van der Waals surface area contributed by atoms with Crippen molar-refractivity contribution in [2.45, 2.75) is 31.8 Å². The number of para-hydroxylation sites is 2. The number of hydrogen-bond donors (Lipinski definition) is 2.